The lowest BCUT2D eigenvalue weighted by Gasteiger charge is -2.19. The van der Waals surface area contributed by atoms with Crippen LogP contribution < -0.4 is 11.5 Å². The van der Waals surface area contributed by atoms with Gasteiger partial charge < -0.3 is 26.8 Å². The van der Waals surface area contributed by atoms with E-state index in [0.717, 1.165) is 0 Å². The van der Waals surface area contributed by atoms with Crippen molar-refractivity contribution >= 4 is 11.7 Å². The molecule has 13 heavy (non-hydrogen) atoms. The fraction of sp³-hybridized carbons (Fsp3) is 0.667. The number of nitrogens with two attached hydrogens (primary N) is 2. The lowest BCUT2D eigenvalue weighted by molar-refractivity contribution is -0.139. The first-order valence-electron chi connectivity index (χ1n) is 3.48. The van der Waals surface area contributed by atoms with Gasteiger partial charge in [-0.15, -0.1) is 0 Å². The van der Waals surface area contributed by atoms with Gasteiger partial charge in [-0.25, -0.2) is 0 Å². The maximum atomic E-state index is 10.8. The molecular formula is C6H12N2O5. The number of amides is 1. The minimum Gasteiger partial charge on any atom is -0.394 e. The van der Waals surface area contributed by atoms with Gasteiger partial charge in [0.15, 0.2) is 0 Å². The molecule has 0 aliphatic carbocycles. The Morgan fingerprint density at radius 3 is 2.08 bits per heavy atom. The number of aliphatic hydroxyl groups is 3. The molecular weight excluding hydrogens is 180 g/mol. The molecule has 0 rings (SSSR count). The van der Waals surface area contributed by atoms with Gasteiger partial charge in [0, 0.05) is 0 Å². The number of rotatable bonds is 5. The molecule has 7 N–H and O–H groups in total. The molecule has 76 valence electrons. The average Bonchev–Trinajstić information content (AvgIpc) is 2.12. The molecule has 0 spiro atoms. The molecule has 3 atom stereocenters. The molecule has 0 aromatic carbocycles. The summed E-state index contributed by atoms with van der Waals surface area (Å²) in [5, 5.41) is 26.3. The van der Waals surface area contributed by atoms with Crippen LogP contribution in [0.15, 0.2) is 0 Å². The van der Waals surface area contributed by atoms with Crippen molar-refractivity contribution in [3.63, 3.8) is 0 Å². The van der Waals surface area contributed by atoms with E-state index in [1.54, 1.807) is 0 Å². The predicted molar refractivity (Wildman–Crippen MR) is 41.3 cm³/mol. The van der Waals surface area contributed by atoms with Crippen LogP contribution in [0.2, 0.25) is 0 Å². The molecule has 0 aromatic rings. The fourth-order valence-electron chi connectivity index (χ4n) is 0.667. The number of ketones is 1. The molecule has 0 bridgehead atoms. The SMILES string of the molecule is NC(=O)C(=O)[C@@H](N)[C@H](O)[C@@H](O)CO. The second kappa shape index (κ2) is 4.87. The highest BCUT2D eigenvalue weighted by atomic mass is 16.4. The lowest BCUT2D eigenvalue weighted by atomic mass is 10.0. The van der Waals surface area contributed by atoms with Crippen LogP contribution in [0, 0.1) is 0 Å². The molecule has 0 fully saturated rings. The average molecular weight is 192 g/mol. The normalized spacial score (nSPS) is 17.5. The van der Waals surface area contributed by atoms with Crippen molar-refractivity contribution in [2.24, 2.45) is 11.5 Å². The monoisotopic (exact) mass is 192 g/mol. The number of carbonyl (C=O) groups excluding carboxylic acids is 2. The summed E-state index contributed by atoms with van der Waals surface area (Å²) < 4.78 is 0. The van der Waals surface area contributed by atoms with Gasteiger partial charge in [0.1, 0.15) is 18.2 Å². The van der Waals surface area contributed by atoms with Crippen LogP contribution in [0.1, 0.15) is 0 Å². The van der Waals surface area contributed by atoms with Crippen LogP contribution in [0.4, 0.5) is 0 Å². The van der Waals surface area contributed by atoms with Crippen molar-refractivity contribution in [2.45, 2.75) is 18.2 Å². The molecule has 7 heteroatoms. The highest BCUT2D eigenvalue weighted by Crippen LogP contribution is 1.98. The number of Topliss-reactive ketones (excluding diaryl/α,β-unsaturated/α-hetero) is 1. The molecule has 0 unspecified atom stereocenters. The standard InChI is InChI=1S/C6H12N2O5/c7-3(5(12)6(8)13)4(11)2(10)1-9/h2-4,9-11H,1,7H2,(H2,8,13)/t2-,3-,4+/m0/s1. The number of aliphatic hydroxyl groups excluding tert-OH is 3. The van der Waals surface area contributed by atoms with Gasteiger partial charge in [0.05, 0.1) is 6.61 Å². The fourth-order valence-corrected chi connectivity index (χ4v) is 0.667. The number of hydrogen-bond acceptors (Lipinski definition) is 6. The molecule has 0 aliphatic rings. The molecule has 1 amide bonds. The zero-order valence-corrected chi connectivity index (χ0v) is 6.75. The first-order chi connectivity index (χ1) is 5.91. The van der Waals surface area contributed by atoms with E-state index in [1.165, 1.54) is 0 Å². The van der Waals surface area contributed by atoms with Gasteiger partial charge >= 0.3 is 0 Å². The van der Waals surface area contributed by atoms with E-state index >= 15 is 0 Å². The van der Waals surface area contributed by atoms with E-state index in [4.69, 9.17) is 21.1 Å². The molecule has 0 saturated heterocycles. The molecule has 0 heterocycles. The van der Waals surface area contributed by atoms with E-state index < -0.39 is 36.5 Å². The van der Waals surface area contributed by atoms with Gasteiger partial charge in [-0.3, -0.25) is 9.59 Å². The van der Waals surface area contributed by atoms with E-state index in [2.05, 4.69) is 5.73 Å². The van der Waals surface area contributed by atoms with Gasteiger partial charge in [-0.05, 0) is 0 Å². The van der Waals surface area contributed by atoms with Crippen LogP contribution >= 0.6 is 0 Å². The van der Waals surface area contributed by atoms with Gasteiger partial charge in [0.25, 0.3) is 5.91 Å². The van der Waals surface area contributed by atoms with Crippen LogP contribution in [0.5, 0.6) is 0 Å². The van der Waals surface area contributed by atoms with E-state index in [0.29, 0.717) is 0 Å². The van der Waals surface area contributed by atoms with Crippen LogP contribution in [-0.2, 0) is 9.59 Å². The lowest BCUT2D eigenvalue weighted by Crippen LogP contribution is -2.52. The van der Waals surface area contributed by atoms with Gasteiger partial charge in [-0.1, -0.05) is 0 Å². The molecule has 0 saturated carbocycles. The summed E-state index contributed by atoms with van der Waals surface area (Å²) >= 11 is 0. The van der Waals surface area contributed by atoms with E-state index in [1.807, 2.05) is 0 Å². The van der Waals surface area contributed by atoms with Crippen molar-refractivity contribution in [1.29, 1.82) is 0 Å². The summed E-state index contributed by atoms with van der Waals surface area (Å²) in [5.41, 5.74) is 9.66. The smallest absolute Gasteiger partial charge is 0.286 e. The van der Waals surface area contributed by atoms with Crippen molar-refractivity contribution < 1.29 is 24.9 Å². The summed E-state index contributed by atoms with van der Waals surface area (Å²) in [5.74, 6) is -2.49. The largest absolute Gasteiger partial charge is 0.394 e. The third-order valence-corrected chi connectivity index (χ3v) is 1.49. The highest BCUT2D eigenvalue weighted by molar-refractivity contribution is 6.37. The summed E-state index contributed by atoms with van der Waals surface area (Å²) in [4.78, 5) is 21.0. The third-order valence-electron chi connectivity index (χ3n) is 1.49. The maximum Gasteiger partial charge on any atom is 0.286 e. The quantitative estimate of drug-likeness (QED) is 0.281. The highest BCUT2D eigenvalue weighted by Gasteiger charge is 2.30. The Balaban J connectivity index is 4.33. The molecule has 0 aliphatic heterocycles. The second-order valence-corrected chi connectivity index (χ2v) is 2.49. The Labute approximate surface area is 73.9 Å². The number of carbonyl (C=O) groups is 2. The molecule has 7 nitrogen and oxygen atoms in total. The molecule has 0 radical (unpaired) electrons. The number of primary amides is 1. The summed E-state index contributed by atoms with van der Waals surface area (Å²) in [6.07, 6.45) is -3.27. The minimum atomic E-state index is -1.70. The molecule has 0 aromatic heterocycles. The predicted octanol–water partition coefficient (Wildman–Crippen LogP) is -3.92. The Morgan fingerprint density at radius 2 is 1.77 bits per heavy atom. The van der Waals surface area contributed by atoms with Gasteiger partial charge in [-0.2, -0.15) is 0 Å². The summed E-state index contributed by atoms with van der Waals surface area (Å²) in [6, 6.07) is -1.61. The van der Waals surface area contributed by atoms with E-state index in [-0.39, 0.29) is 0 Å². The van der Waals surface area contributed by atoms with Crippen LogP contribution in [0.25, 0.3) is 0 Å². The first kappa shape index (κ1) is 12.0. The Bertz CT molecular complexity index is 207. The van der Waals surface area contributed by atoms with E-state index in [9.17, 15) is 9.59 Å². The van der Waals surface area contributed by atoms with Crippen molar-refractivity contribution in [3.05, 3.63) is 0 Å². The van der Waals surface area contributed by atoms with Crippen molar-refractivity contribution in [2.75, 3.05) is 6.61 Å². The topological polar surface area (TPSA) is 147 Å². The third kappa shape index (κ3) is 3.07. The van der Waals surface area contributed by atoms with Gasteiger partial charge in [0.2, 0.25) is 5.78 Å². The first-order valence-corrected chi connectivity index (χ1v) is 3.48. The summed E-state index contributed by atoms with van der Waals surface area (Å²) in [6.45, 7) is -0.763. The zero-order chi connectivity index (χ0) is 10.6. The second-order valence-electron chi connectivity index (χ2n) is 2.49. The Hall–Kier alpha value is -1.02. The summed E-state index contributed by atoms with van der Waals surface area (Å²) in [7, 11) is 0. The maximum absolute atomic E-state index is 10.8. The van der Waals surface area contributed by atoms with Crippen molar-refractivity contribution in [1.82, 2.24) is 0 Å². The number of hydrogen-bond donors (Lipinski definition) is 5. The van der Waals surface area contributed by atoms with Crippen LogP contribution in [0.3, 0.4) is 0 Å². The Kier molecular flexibility index (Phi) is 4.49. The van der Waals surface area contributed by atoms with Crippen molar-refractivity contribution in [3.8, 4) is 0 Å². The van der Waals surface area contributed by atoms with Crippen LogP contribution in [-0.4, -0.2) is 51.9 Å². The Morgan fingerprint density at radius 1 is 1.31 bits per heavy atom. The zero-order valence-electron chi connectivity index (χ0n) is 6.75. The minimum absolute atomic E-state index is 0.763.